The van der Waals surface area contributed by atoms with Gasteiger partial charge in [-0.3, -0.25) is 9.48 Å². The molecule has 1 atom stereocenters. The van der Waals surface area contributed by atoms with Gasteiger partial charge < -0.3 is 4.90 Å². The molecule has 1 saturated heterocycles. The van der Waals surface area contributed by atoms with Crippen LogP contribution in [0.1, 0.15) is 24.1 Å². The summed E-state index contributed by atoms with van der Waals surface area (Å²) in [6.07, 6.45) is 3.82. The highest BCUT2D eigenvalue weighted by atomic mass is 16.1. The Morgan fingerprint density at radius 2 is 2.38 bits per heavy atom. The Hall–Kier alpha value is -1.58. The van der Waals surface area contributed by atoms with Crippen molar-refractivity contribution in [1.29, 1.82) is 0 Å². The molecule has 0 aromatic carbocycles. The van der Waals surface area contributed by atoms with E-state index < -0.39 is 0 Å². The van der Waals surface area contributed by atoms with Crippen molar-refractivity contribution in [3.05, 3.63) is 34.3 Å². The normalized spacial score (nSPS) is 23.2. The Kier molecular flexibility index (Phi) is 1.93. The summed E-state index contributed by atoms with van der Waals surface area (Å²) in [6.45, 7) is 7.93. The predicted molar refractivity (Wildman–Crippen MR) is 62.0 cm³/mol. The third-order valence-corrected chi connectivity index (χ3v) is 3.68. The minimum atomic E-state index is 0.00467. The van der Waals surface area contributed by atoms with Crippen LogP contribution in [0, 0.1) is 6.92 Å². The summed E-state index contributed by atoms with van der Waals surface area (Å²) >= 11 is 0. The van der Waals surface area contributed by atoms with E-state index in [1.54, 1.807) is 0 Å². The first kappa shape index (κ1) is 9.63. The van der Waals surface area contributed by atoms with E-state index in [4.69, 9.17) is 0 Å². The zero-order valence-corrected chi connectivity index (χ0v) is 9.44. The Morgan fingerprint density at radius 3 is 3.19 bits per heavy atom. The molecule has 2 aliphatic heterocycles. The maximum absolute atomic E-state index is 11.6. The minimum Gasteiger partial charge on any atom is -0.365 e. The van der Waals surface area contributed by atoms with Gasteiger partial charge in [-0.1, -0.05) is 6.58 Å². The third kappa shape index (κ3) is 1.16. The van der Waals surface area contributed by atoms with Crippen molar-refractivity contribution in [2.75, 3.05) is 6.54 Å². The molecule has 1 aromatic rings. The van der Waals surface area contributed by atoms with Crippen molar-refractivity contribution >= 4 is 5.70 Å². The molecular formula is C12H15N3O. The number of fused-ring (bicyclic) bond motifs is 2. The second kappa shape index (κ2) is 3.20. The van der Waals surface area contributed by atoms with Gasteiger partial charge in [-0.2, -0.15) is 5.10 Å². The molecule has 0 amide bonds. The van der Waals surface area contributed by atoms with Crippen molar-refractivity contribution in [2.24, 2.45) is 0 Å². The molecule has 0 saturated carbocycles. The first-order valence-electron chi connectivity index (χ1n) is 5.71. The number of hydrogen-bond acceptors (Lipinski definition) is 3. The fourth-order valence-corrected chi connectivity index (χ4v) is 2.81. The zero-order chi connectivity index (χ0) is 11.3. The van der Waals surface area contributed by atoms with Crippen molar-refractivity contribution in [3.8, 4) is 0 Å². The number of nitrogens with zero attached hydrogens (tertiary/aromatic N) is 3. The van der Waals surface area contributed by atoms with E-state index in [9.17, 15) is 4.79 Å². The van der Waals surface area contributed by atoms with E-state index in [0.29, 0.717) is 6.04 Å². The Morgan fingerprint density at radius 1 is 1.56 bits per heavy atom. The highest BCUT2D eigenvalue weighted by molar-refractivity contribution is 5.63. The van der Waals surface area contributed by atoms with Crippen LogP contribution >= 0.6 is 0 Å². The smallest absolute Gasteiger partial charge is 0.203 e. The quantitative estimate of drug-likeness (QED) is 0.650. The molecule has 0 aliphatic carbocycles. The lowest BCUT2D eigenvalue weighted by atomic mass is 10.1. The summed E-state index contributed by atoms with van der Waals surface area (Å²) in [6, 6.07) is 0.523. The maximum atomic E-state index is 11.6. The lowest BCUT2D eigenvalue weighted by Crippen LogP contribution is -2.40. The summed E-state index contributed by atoms with van der Waals surface area (Å²) in [4.78, 5) is 13.9. The molecule has 4 heteroatoms. The molecule has 16 heavy (non-hydrogen) atoms. The van der Waals surface area contributed by atoms with Crippen molar-refractivity contribution in [1.82, 2.24) is 14.7 Å². The molecule has 1 aromatic heterocycles. The van der Waals surface area contributed by atoms with Crippen molar-refractivity contribution in [3.63, 3.8) is 0 Å². The molecule has 0 N–H and O–H groups in total. The van der Waals surface area contributed by atoms with Gasteiger partial charge in [0.15, 0.2) is 0 Å². The molecule has 1 unspecified atom stereocenters. The van der Waals surface area contributed by atoms with Crippen molar-refractivity contribution < 1.29 is 0 Å². The van der Waals surface area contributed by atoms with Crippen LogP contribution in [0.3, 0.4) is 0 Å². The molecule has 1 fully saturated rings. The molecule has 0 spiro atoms. The summed E-state index contributed by atoms with van der Waals surface area (Å²) in [5, 5.41) is 4.21. The van der Waals surface area contributed by atoms with Crippen LogP contribution in [-0.2, 0) is 6.54 Å². The van der Waals surface area contributed by atoms with E-state index in [1.807, 2.05) is 11.6 Å². The summed E-state index contributed by atoms with van der Waals surface area (Å²) in [5.41, 5.74) is 2.66. The van der Waals surface area contributed by atoms with Gasteiger partial charge >= 0.3 is 0 Å². The van der Waals surface area contributed by atoms with E-state index in [0.717, 1.165) is 30.0 Å². The van der Waals surface area contributed by atoms with E-state index >= 15 is 0 Å². The van der Waals surface area contributed by atoms with Crippen LogP contribution in [0.5, 0.6) is 0 Å². The molecular weight excluding hydrogens is 202 g/mol. The lowest BCUT2D eigenvalue weighted by Gasteiger charge is -2.35. The van der Waals surface area contributed by atoms with Crippen LogP contribution < -0.4 is 5.43 Å². The summed E-state index contributed by atoms with van der Waals surface area (Å²) < 4.78 is 1.94. The number of hydrogen-bond donors (Lipinski definition) is 0. The van der Waals surface area contributed by atoms with Gasteiger partial charge in [0.1, 0.15) is 0 Å². The summed E-state index contributed by atoms with van der Waals surface area (Å²) in [7, 11) is 0. The molecule has 0 bridgehead atoms. The largest absolute Gasteiger partial charge is 0.365 e. The molecule has 4 nitrogen and oxygen atoms in total. The van der Waals surface area contributed by atoms with Gasteiger partial charge in [-0.15, -0.1) is 0 Å². The van der Waals surface area contributed by atoms with E-state index in [2.05, 4.69) is 16.6 Å². The second-order valence-electron chi connectivity index (χ2n) is 4.60. The van der Waals surface area contributed by atoms with Crippen molar-refractivity contribution in [2.45, 2.75) is 32.4 Å². The highest BCUT2D eigenvalue weighted by Gasteiger charge is 2.33. The number of rotatable bonds is 0. The van der Waals surface area contributed by atoms with Gasteiger partial charge in [0.25, 0.3) is 0 Å². The average Bonchev–Trinajstić information content (AvgIpc) is 2.72. The fraction of sp³-hybridized carbons (Fsp3) is 0.500. The lowest BCUT2D eigenvalue weighted by molar-refractivity contribution is 0.289. The monoisotopic (exact) mass is 217 g/mol. The molecule has 84 valence electrons. The van der Waals surface area contributed by atoms with Gasteiger partial charge in [-0.25, -0.2) is 0 Å². The van der Waals surface area contributed by atoms with Gasteiger partial charge in [0.05, 0.1) is 24.1 Å². The fourth-order valence-electron chi connectivity index (χ4n) is 2.81. The molecule has 2 aliphatic rings. The van der Waals surface area contributed by atoms with Crippen LogP contribution in [0.2, 0.25) is 0 Å². The first-order valence-corrected chi connectivity index (χ1v) is 5.71. The zero-order valence-electron chi connectivity index (χ0n) is 9.44. The maximum Gasteiger partial charge on any atom is 0.203 e. The highest BCUT2D eigenvalue weighted by Crippen LogP contribution is 2.32. The Balaban J connectivity index is 2.19. The third-order valence-electron chi connectivity index (χ3n) is 3.68. The van der Waals surface area contributed by atoms with Crippen LogP contribution in [-0.4, -0.2) is 27.3 Å². The van der Waals surface area contributed by atoms with Gasteiger partial charge in [0.2, 0.25) is 5.43 Å². The Labute approximate surface area is 94.2 Å². The minimum absolute atomic E-state index is 0.00467. The second-order valence-corrected chi connectivity index (χ2v) is 4.60. The van der Waals surface area contributed by atoms with E-state index in [1.165, 1.54) is 19.0 Å². The number of aromatic nitrogens is 2. The van der Waals surface area contributed by atoms with Gasteiger partial charge in [-0.05, 0) is 19.8 Å². The standard InChI is InChI=1S/C12H15N3O/c1-8-11(16)6-13-15-7-10-4-3-5-14(10)9(2)12(8)15/h6,10H,2-5,7H2,1H3. The first-order chi connectivity index (χ1) is 7.68. The topological polar surface area (TPSA) is 38.1 Å². The Bertz CT molecular complexity index is 517. The molecule has 3 heterocycles. The molecule has 0 radical (unpaired) electrons. The van der Waals surface area contributed by atoms with Crippen LogP contribution in [0.4, 0.5) is 0 Å². The predicted octanol–water partition coefficient (Wildman–Crippen LogP) is 1.00. The molecule has 3 rings (SSSR count). The summed E-state index contributed by atoms with van der Waals surface area (Å²) in [5.74, 6) is 0. The van der Waals surface area contributed by atoms with Crippen LogP contribution in [0.25, 0.3) is 5.70 Å². The van der Waals surface area contributed by atoms with Gasteiger partial charge in [0, 0.05) is 18.2 Å². The average molecular weight is 217 g/mol. The van der Waals surface area contributed by atoms with E-state index in [-0.39, 0.29) is 5.43 Å². The SMILES string of the molecule is C=C1c2c(C)c(=O)cnn2CC2CCCN12. The van der Waals surface area contributed by atoms with Crippen LogP contribution in [0.15, 0.2) is 17.6 Å².